The van der Waals surface area contributed by atoms with Crippen LogP contribution in [0, 0.1) is 18.7 Å². The molecule has 0 saturated heterocycles. The summed E-state index contributed by atoms with van der Waals surface area (Å²) in [5.41, 5.74) is 4.49. The topological polar surface area (TPSA) is 97.2 Å². The van der Waals surface area contributed by atoms with E-state index in [2.05, 4.69) is 43.1 Å². The number of benzene rings is 1. The number of hydrogen-bond donors (Lipinski definition) is 2. The van der Waals surface area contributed by atoms with E-state index in [1.807, 2.05) is 16.7 Å². The molecule has 0 unspecified atom stereocenters. The molecule has 0 aliphatic heterocycles. The SMILES string of the molecule is C#C.Fc1ccc2nc(CNc3ncnc4nc[nH]c34)n(-c3cccnc3)c2c1C1CC1. The third-order valence-corrected chi connectivity index (χ3v) is 5.40. The summed E-state index contributed by atoms with van der Waals surface area (Å²) in [4.78, 5) is 24.8. The molecule has 8 nitrogen and oxygen atoms in total. The fourth-order valence-corrected chi connectivity index (χ4v) is 3.92. The average Bonchev–Trinajstić information content (AvgIpc) is 3.43. The summed E-state index contributed by atoms with van der Waals surface area (Å²) < 4.78 is 16.8. The van der Waals surface area contributed by atoms with Gasteiger partial charge in [-0.3, -0.25) is 9.55 Å². The van der Waals surface area contributed by atoms with Gasteiger partial charge in [-0.1, -0.05) is 0 Å². The van der Waals surface area contributed by atoms with Gasteiger partial charge >= 0.3 is 0 Å². The minimum absolute atomic E-state index is 0.176. The van der Waals surface area contributed by atoms with Crippen molar-refractivity contribution in [2.75, 3.05) is 5.32 Å². The molecule has 1 aliphatic carbocycles. The standard InChI is InChI=1S/C21H17FN8.C2H2/c22-14-5-6-15-19(17(14)12-3-4-12)30(13-2-1-7-23-8-13)16(29-15)9-24-20-18-21(26-10-25-18)28-11-27-20;1-2/h1-2,5-8,10-12H,3-4,9H2,(H2,24,25,26,27,28);1-2H. The molecule has 0 atom stereocenters. The van der Waals surface area contributed by atoms with Gasteiger partial charge in [-0.15, -0.1) is 12.8 Å². The van der Waals surface area contributed by atoms with Crippen LogP contribution in [0.4, 0.5) is 10.2 Å². The predicted octanol–water partition coefficient (Wildman–Crippen LogP) is 3.96. The smallest absolute Gasteiger partial charge is 0.182 e. The zero-order valence-electron chi connectivity index (χ0n) is 17.0. The number of aromatic amines is 1. The summed E-state index contributed by atoms with van der Waals surface area (Å²) in [5, 5.41) is 3.32. The first-order valence-corrected chi connectivity index (χ1v) is 10.1. The Kier molecular flexibility index (Phi) is 4.95. The van der Waals surface area contributed by atoms with Gasteiger partial charge in [-0.2, -0.15) is 0 Å². The summed E-state index contributed by atoms with van der Waals surface area (Å²) in [5.74, 6) is 1.45. The molecule has 32 heavy (non-hydrogen) atoms. The predicted molar refractivity (Wildman–Crippen MR) is 120 cm³/mol. The van der Waals surface area contributed by atoms with Gasteiger partial charge in [-0.05, 0) is 43.0 Å². The number of nitrogens with one attached hydrogen (secondary N) is 2. The van der Waals surface area contributed by atoms with Gasteiger partial charge < -0.3 is 10.3 Å². The number of aromatic nitrogens is 7. The van der Waals surface area contributed by atoms with Gasteiger partial charge in [0.15, 0.2) is 11.5 Å². The summed E-state index contributed by atoms with van der Waals surface area (Å²) in [6.45, 7) is 0.389. The first-order chi connectivity index (χ1) is 15.8. The molecule has 0 radical (unpaired) electrons. The van der Waals surface area contributed by atoms with Crippen LogP contribution in [0.3, 0.4) is 0 Å². The maximum Gasteiger partial charge on any atom is 0.182 e. The van der Waals surface area contributed by atoms with Crippen molar-refractivity contribution >= 4 is 28.0 Å². The van der Waals surface area contributed by atoms with Crippen LogP contribution in [0.25, 0.3) is 27.9 Å². The van der Waals surface area contributed by atoms with Crippen molar-refractivity contribution in [3.8, 4) is 18.5 Å². The Hall–Kier alpha value is -4.32. The number of pyridine rings is 1. The lowest BCUT2D eigenvalue weighted by Crippen LogP contribution is -2.10. The second-order valence-corrected chi connectivity index (χ2v) is 7.35. The second kappa shape index (κ2) is 8.07. The first-order valence-electron chi connectivity index (χ1n) is 10.1. The zero-order chi connectivity index (χ0) is 22.1. The van der Waals surface area contributed by atoms with Crippen molar-refractivity contribution < 1.29 is 4.39 Å². The number of rotatable bonds is 5. The molecule has 4 heterocycles. The maximum absolute atomic E-state index is 14.8. The molecule has 2 N–H and O–H groups in total. The van der Waals surface area contributed by atoms with Crippen molar-refractivity contribution in [3.63, 3.8) is 0 Å². The van der Waals surface area contributed by atoms with E-state index in [1.165, 1.54) is 12.4 Å². The molecule has 4 aromatic heterocycles. The molecule has 1 aromatic carbocycles. The monoisotopic (exact) mass is 426 g/mol. The van der Waals surface area contributed by atoms with Crippen molar-refractivity contribution in [2.24, 2.45) is 0 Å². The Labute approximate surface area is 183 Å². The molecule has 5 aromatic rings. The third kappa shape index (κ3) is 3.32. The Morgan fingerprint density at radius 2 is 2.03 bits per heavy atom. The molecule has 1 fully saturated rings. The largest absolute Gasteiger partial charge is 0.361 e. The highest BCUT2D eigenvalue weighted by atomic mass is 19.1. The van der Waals surface area contributed by atoms with Crippen LogP contribution < -0.4 is 5.32 Å². The molecule has 0 bridgehead atoms. The summed E-state index contributed by atoms with van der Waals surface area (Å²) >= 11 is 0. The number of nitrogens with zero attached hydrogens (tertiary/aromatic N) is 6. The van der Waals surface area contributed by atoms with Crippen LogP contribution in [-0.2, 0) is 6.54 Å². The lowest BCUT2D eigenvalue weighted by molar-refractivity contribution is 0.613. The van der Waals surface area contributed by atoms with Gasteiger partial charge in [-0.25, -0.2) is 24.3 Å². The van der Waals surface area contributed by atoms with Crippen molar-refractivity contribution in [3.05, 3.63) is 66.5 Å². The molecule has 0 amide bonds. The lowest BCUT2D eigenvalue weighted by Gasteiger charge is -2.12. The fraction of sp³-hybridized carbons (Fsp3) is 0.174. The van der Waals surface area contributed by atoms with E-state index in [0.717, 1.165) is 46.5 Å². The molecular weight excluding hydrogens is 407 g/mol. The van der Waals surface area contributed by atoms with E-state index < -0.39 is 0 Å². The van der Waals surface area contributed by atoms with Crippen molar-refractivity contribution in [2.45, 2.75) is 25.3 Å². The summed E-state index contributed by atoms with van der Waals surface area (Å²) in [6.07, 6.45) is 16.5. The minimum Gasteiger partial charge on any atom is -0.361 e. The molecule has 1 aliphatic rings. The minimum atomic E-state index is -0.176. The molecule has 0 spiro atoms. The van der Waals surface area contributed by atoms with E-state index in [9.17, 15) is 4.39 Å². The number of terminal acetylenes is 1. The molecular formula is C23H19FN8. The number of anilines is 1. The number of imidazole rings is 2. The van der Waals surface area contributed by atoms with Gasteiger partial charge in [0, 0.05) is 11.8 Å². The normalized spacial score (nSPS) is 13.1. The van der Waals surface area contributed by atoms with Crippen LogP contribution in [0.15, 0.2) is 49.3 Å². The van der Waals surface area contributed by atoms with E-state index in [0.29, 0.717) is 18.0 Å². The van der Waals surface area contributed by atoms with E-state index in [-0.39, 0.29) is 11.7 Å². The number of hydrogen-bond acceptors (Lipinski definition) is 6. The van der Waals surface area contributed by atoms with E-state index in [4.69, 9.17) is 4.98 Å². The maximum atomic E-state index is 14.8. The van der Waals surface area contributed by atoms with Gasteiger partial charge in [0.05, 0.1) is 35.8 Å². The molecule has 6 rings (SSSR count). The second-order valence-electron chi connectivity index (χ2n) is 7.35. The van der Waals surface area contributed by atoms with E-state index in [1.54, 1.807) is 24.8 Å². The fourth-order valence-electron chi connectivity index (χ4n) is 3.92. The van der Waals surface area contributed by atoms with Crippen LogP contribution >= 0.6 is 0 Å². The highest BCUT2D eigenvalue weighted by molar-refractivity contribution is 5.84. The quantitative estimate of drug-likeness (QED) is 0.413. The number of H-pyrrole nitrogens is 1. The highest BCUT2D eigenvalue weighted by Crippen LogP contribution is 2.45. The van der Waals surface area contributed by atoms with Crippen LogP contribution in [-0.4, -0.2) is 34.5 Å². The third-order valence-electron chi connectivity index (χ3n) is 5.40. The Bertz CT molecular complexity index is 1420. The van der Waals surface area contributed by atoms with Crippen LogP contribution in [0.1, 0.15) is 30.1 Å². The van der Waals surface area contributed by atoms with Crippen molar-refractivity contribution in [1.29, 1.82) is 0 Å². The zero-order valence-corrected chi connectivity index (χ0v) is 17.0. The Morgan fingerprint density at radius 3 is 2.81 bits per heavy atom. The van der Waals surface area contributed by atoms with Gasteiger partial charge in [0.2, 0.25) is 0 Å². The Balaban J connectivity index is 0.00000105. The molecule has 1 saturated carbocycles. The first kappa shape index (κ1) is 19.6. The Morgan fingerprint density at radius 1 is 1.16 bits per heavy atom. The van der Waals surface area contributed by atoms with Gasteiger partial charge in [0.1, 0.15) is 23.5 Å². The molecule has 9 heteroatoms. The van der Waals surface area contributed by atoms with Gasteiger partial charge in [0.25, 0.3) is 0 Å². The molecule has 158 valence electrons. The van der Waals surface area contributed by atoms with Crippen LogP contribution in [0.2, 0.25) is 0 Å². The summed E-state index contributed by atoms with van der Waals surface area (Å²) in [6, 6.07) is 7.08. The average molecular weight is 426 g/mol. The number of fused-ring (bicyclic) bond motifs is 2. The number of halogens is 1. The van der Waals surface area contributed by atoms with Crippen LogP contribution in [0.5, 0.6) is 0 Å². The summed E-state index contributed by atoms with van der Waals surface area (Å²) in [7, 11) is 0. The van der Waals surface area contributed by atoms with E-state index >= 15 is 0 Å². The van der Waals surface area contributed by atoms with Crippen molar-refractivity contribution in [1.82, 2.24) is 34.5 Å². The lowest BCUT2D eigenvalue weighted by atomic mass is 10.1. The highest BCUT2D eigenvalue weighted by Gasteiger charge is 2.31.